The zero-order valence-electron chi connectivity index (χ0n) is 30.0. The highest BCUT2D eigenvalue weighted by atomic mass is 16.3. The molecule has 0 bridgehead atoms. The molecule has 0 radical (unpaired) electrons. The zero-order chi connectivity index (χ0) is 36.0. The molecule has 0 atom stereocenters. The molecule has 0 aliphatic heterocycles. The third-order valence-corrected chi connectivity index (χ3v) is 11.5. The molecule has 0 spiro atoms. The molecular formula is C51H35NO2. The molecular weight excluding hydrogens is 659 g/mol. The molecule has 1 aliphatic rings. The van der Waals surface area contributed by atoms with Crippen molar-refractivity contribution in [3.05, 3.63) is 187 Å². The summed E-state index contributed by atoms with van der Waals surface area (Å²) in [4.78, 5) is 2.41. The van der Waals surface area contributed by atoms with Crippen LogP contribution < -0.4 is 4.90 Å². The highest BCUT2D eigenvalue weighted by molar-refractivity contribution is 6.23. The monoisotopic (exact) mass is 693 g/mol. The van der Waals surface area contributed by atoms with Gasteiger partial charge in [0.05, 0.1) is 5.69 Å². The van der Waals surface area contributed by atoms with E-state index >= 15 is 0 Å². The summed E-state index contributed by atoms with van der Waals surface area (Å²) >= 11 is 0. The third kappa shape index (κ3) is 4.48. The van der Waals surface area contributed by atoms with Crippen LogP contribution in [0.15, 0.2) is 185 Å². The van der Waals surface area contributed by atoms with E-state index < -0.39 is 0 Å². The number of para-hydroxylation sites is 2. The van der Waals surface area contributed by atoms with Crippen molar-refractivity contribution in [1.82, 2.24) is 0 Å². The van der Waals surface area contributed by atoms with Crippen LogP contribution in [-0.4, -0.2) is 0 Å². The van der Waals surface area contributed by atoms with Crippen molar-refractivity contribution in [2.75, 3.05) is 4.90 Å². The van der Waals surface area contributed by atoms with Gasteiger partial charge in [0.2, 0.25) is 0 Å². The Labute approximate surface area is 313 Å². The molecule has 0 amide bonds. The summed E-state index contributed by atoms with van der Waals surface area (Å²) in [6.07, 6.45) is 0. The fourth-order valence-corrected chi connectivity index (χ4v) is 8.91. The molecule has 256 valence electrons. The normalized spacial score (nSPS) is 13.1. The Morgan fingerprint density at radius 1 is 0.426 bits per heavy atom. The minimum absolute atomic E-state index is 0.136. The first-order valence-electron chi connectivity index (χ1n) is 18.6. The van der Waals surface area contributed by atoms with Crippen LogP contribution >= 0.6 is 0 Å². The molecule has 0 saturated heterocycles. The number of hydrogen-bond donors (Lipinski definition) is 0. The van der Waals surface area contributed by atoms with Gasteiger partial charge in [0.1, 0.15) is 22.3 Å². The standard InChI is InChI=1S/C51H35NO2/c1-51(2)42-22-12-9-20-37(42)38-27-25-35(30-43(38)51)52(44-23-13-10-19-36(44)32-15-5-3-6-16-32)34-26-28-46-40(29-34)41-31-47-49(39-21-11-14-24-45(39)53-47)48(50(41)54-46)33-17-7-4-8-18-33/h3-31H,1-2H3. The van der Waals surface area contributed by atoms with E-state index in [1.807, 2.05) is 12.1 Å². The number of nitrogens with zero attached hydrogens (tertiary/aromatic N) is 1. The quantitative estimate of drug-likeness (QED) is 0.180. The van der Waals surface area contributed by atoms with Crippen LogP contribution in [-0.2, 0) is 5.41 Å². The fourth-order valence-electron chi connectivity index (χ4n) is 8.91. The lowest BCUT2D eigenvalue weighted by atomic mass is 9.82. The maximum atomic E-state index is 6.87. The first-order valence-corrected chi connectivity index (χ1v) is 18.6. The first kappa shape index (κ1) is 30.8. The Morgan fingerprint density at radius 3 is 1.89 bits per heavy atom. The number of rotatable bonds is 5. The van der Waals surface area contributed by atoms with E-state index in [-0.39, 0.29) is 5.41 Å². The smallest absolute Gasteiger partial charge is 0.144 e. The van der Waals surface area contributed by atoms with Crippen LogP contribution in [0.2, 0.25) is 0 Å². The molecule has 0 unspecified atom stereocenters. The topological polar surface area (TPSA) is 29.5 Å². The summed E-state index contributed by atoms with van der Waals surface area (Å²) in [5, 5.41) is 4.22. The van der Waals surface area contributed by atoms with Gasteiger partial charge in [0.15, 0.2) is 0 Å². The van der Waals surface area contributed by atoms with E-state index in [2.05, 4.69) is 183 Å². The van der Waals surface area contributed by atoms with Gasteiger partial charge in [0, 0.05) is 49.5 Å². The molecule has 11 rings (SSSR count). The Kier molecular flexibility index (Phi) is 6.60. The Bertz CT molecular complexity index is 3080. The molecule has 2 heterocycles. The molecule has 3 heteroatoms. The Morgan fingerprint density at radius 2 is 1.06 bits per heavy atom. The number of anilines is 3. The van der Waals surface area contributed by atoms with E-state index in [4.69, 9.17) is 8.83 Å². The number of benzene rings is 8. The van der Waals surface area contributed by atoms with E-state index in [1.54, 1.807) is 0 Å². The van der Waals surface area contributed by atoms with Gasteiger partial charge in [-0.25, -0.2) is 0 Å². The summed E-state index contributed by atoms with van der Waals surface area (Å²) < 4.78 is 13.4. The van der Waals surface area contributed by atoms with Gasteiger partial charge in [-0.15, -0.1) is 0 Å². The Balaban J connectivity index is 1.18. The molecule has 10 aromatic rings. The maximum absolute atomic E-state index is 6.87. The summed E-state index contributed by atoms with van der Waals surface area (Å²) in [6.45, 7) is 4.69. The average molecular weight is 694 g/mol. The molecule has 0 saturated carbocycles. The summed E-state index contributed by atoms with van der Waals surface area (Å²) in [5.74, 6) is 0. The van der Waals surface area contributed by atoms with E-state index in [9.17, 15) is 0 Å². The van der Waals surface area contributed by atoms with Crippen LogP contribution in [0, 0.1) is 0 Å². The summed E-state index contributed by atoms with van der Waals surface area (Å²) in [5.41, 5.74) is 16.3. The van der Waals surface area contributed by atoms with Crippen LogP contribution in [0.3, 0.4) is 0 Å². The largest absolute Gasteiger partial charge is 0.456 e. The van der Waals surface area contributed by atoms with Crippen molar-refractivity contribution in [2.45, 2.75) is 19.3 Å². The number of hydrogen-bond acceptors (Lipinski definition) is 3. The van der Waals surface area contributed by atoms with Gasteiger partial charge in [-0.2, -0.15) is 0 Å². The zero-order valence-corrected chi connectivity index (χ0v) is 30.0. The van der Waals surface area contributed by atoms with Crippen LogP contribution in [0.1, 0.15) is 25.0 Å². The predicted octanol–water partition coefficient (Wildman–Crippen LogP) is 14.6. The van der Waals surface area contributed by atoms with Crippen LogP contribution in [0.5, 0.6) is 0 Å². The second kappa shape index (κ2) is 11.6. The molecule has 0 fully saturated rings. The second-order valence-corrected chi connectivity index (χ2v) is 14.9. The van der Waals surface area contributed by atoms with Crippen molar-refractivity contribution in [2.24, 2.45) is 0 Å². The number of furan rings is 2. The highest BCUT2D eigenvalue weighted by Crippen LogP contribution is 2.52. The lowest BCUT2D eigenvalue weighted by molar-refractivity contribution is 0.660. The molecule has 0 N–H and O–H groups in total. The molecule has 2 aromatic heterocycles. The lowest BCUT2D eigenvalue weighted by Gasteiger charge is -2.30. The van der Waals surface area contributed by atoms with Crippen molar-refractivity contribution in [1.29, 1.82) is 0 Å². The van der Waals surface area contributed by atoms with Gasteiger partial charge < -0.3 is 13.7 Å². The second-order valence-electron chi connectivity index (χ2n) is 14.9. The minimum Gasteiger partial charge on any atom is -0.456 e. The van der Waals surface area contributed by atoms with Crippen molar-refractivity contribution in [3.8, 4) is 33.4 Å². The molecule has 1 aliphatic carbocycles. The molecule has 8 aromatic carbocycles. The van der Waals surface area contributed by atoms with E-state index in [1.165, 1.54) is 27.8 Å². The van der Waals surface area contributed by atoms with Gasteiger partial charge in [-0.05, 0) is 81.9 Å². The fraction of sp³-hybridized carbons (Fsp3) is 0.0588. The highest BCUT2D eigenvalue weighted by Gasteiger charge is 2.36. The lowest BCUT2D eigenvalue weighted by Crippen LogP contribution is -2.16. The Hall–Kier alpha value is -6.84. The van der Waals surface area contributed by atoms with Gasteiger partial charge >= 0.3 is 0 Å². The summed E-state index contributed by atoms with van der Waals surface area (Å²) in [7, 11) is 0. The molecule has 54 heavy (non-hydrogen) atoms. The number of fused-ring (bicyclic) bond motifs is 9. The van der Waals surface area contributed by atoms with Crippen molar-refractivity contribution < 1.29 is 8.83 Å². The average Bonchev–Trinajstić information content (AvgIpc) is 3.85. The third-order valence-electron chi connectivity index (χ3n) is 11.5. The summed E-state index contributed by atoms with van der Waals surface area (Å²) in [6, 6.07) is 62.8. The van der Waals surface area contributed by atoms with Gasteiger partial charge in [-0.3, -0.25) is 0 Å². The van der Waals surface area contributed by atoms with Crippen molar-refractivity contribution >= 4 is 60.9 Å². The molecule has 3 nitrogen and oxygen atoms in total. The van der Waals surface area contributed by atoms with Crippen molar-refractivity contribution in [3.63, 3.8) is 0 Å². The van der Waals surface area contributed by atoms with E-state index in [0.29, 0.717) is 0 Å². The van der Waals surface area contributed by atoms with E-state index in [0.717, 1.165) is 77.6 Å². The minimum atomic E-state index is -0.136. The SMILES string of the molecule is CC1(C)c2ccccc2-c2ccc(N(c3ccc4oc5c(-c6ccccc6)c6c(cc5c4c3)oc3ccccc36)c3ccccc3-c3ccccc3)cc21. The van der Waals surface area contributed by atoms with Crippen LogP contribution in [0.25, 0.3) is 77.3 Å². The maximum Gasteiger partial charge on any atom is 0.144 e. The predicted molar refractivity (Wildman–Crippen MR) is 224 cm³/mol. The van der Waals surface area contributed by atoms with Crippen LogP contribution in [0.4, 0.5) is 17.1 Å². The van der Waals surface area contributed by atoms with Gasteiger partial charge in [0.25, 0.3) is 0 Å². The van der Waals surface area contributed by atoms with Gasteiger partial charge in [-0.1, -0.05) is 141 Å². The first-order chi connectivity index (χ1) is 26.5.